The number of rotatable bonds is 10. The van der Waals surface area contributed by atoms with Crippen molar-refractivity contribution in [1.82, 2.24) is 15.6 Å². The van der Waals surface area contributed by atoms with E-state index >= 15 is 0 Å². The third kappa shape index (κ3) is 7.28. The standard InChI is InChI=1S/C26H28N4O11S3/c1-14-26(2,3)22-18-5-4-15(10-17(18)13-21(23(22)29-14)44(39,40)41)16-11-19(24(31)27-6-8-42(33,34)35)30-20(12-16)25(32)28-7-9-43(36,37)38/h4-5,10-13H,6-9H2,1-3H3,(H,27,31)(H,28,32)(H,33,34,35)(H,36,37,38)(H,39,40,41). The Morgan fingerprint density at radius 2 is 1.32 bits per heavy atom. The molecule has 18 heteroatoms. The van der Waals surface area contributed by atoms with Gasteiger partial charge < -0.3 is 10.6 Å². The number of aliphatic imine (C=N–C) groups is 1. The lowest BCUT2D eigenvalue weighted by Crippen LogP contribution is -2.32. The monoisotopic (exact) mass is 668 g/mol. The molecule has 0 atom stereocenters. The number of aromatic nitrogens is 1. The van der Waals surface area contributed by atoms with E-state index in [2.05, 4.69) is 20.6 Å². The van der Waals surface area contributed by atoms with Crippen molar-refractivity contribution in [1.29, 1.82) is 0 Å². The van der Waals surface area contributed by atoms with Gasteiger partial charge in [0.25, 0.3) is 42.2 Å². The molecule has 0 saturated heterocycles. The van der Waals surface area contributed by atoms with Crippen LogP contribution in [0.1, 0.15) is 47.3 Å². The molecule has 0 fully saturated rings. The van der Waals surface area contributed by atoms with Gasteiger partial charge in [0, 0.05) is 24.2 Å². The molecule has 2 amide bonds. The van der Waals surface area contributed by atoms with Crippen LogP contribution < -0.4 is 10.6 Å². The fourth-order valence-corrected chi connectivity index (χ4v) is 6.06. The third-order valence-electron chi connectivity index (χ3n) is 7.08. The lowest BCUT2D eigenvalue weighted by Gasteiger charge is -2.23. The summed E-state index contributed by atoms with van der Waals surface area (Å²) in [4.78, 5) is 33.7. The molecule has 1 aromatic heterocycles. The molecular weight excluding hydrogens is 641 g/mol. The summed E-state index contributed by atoms with van der Waals surface area (Å²) >= 11 is 0. The first kappa shape index (κ1) is 33.1. The Bertz CT molecular complexity index is 2000. The molecule has 0 radical (unpaired) electrons. The second kappa shape index (κ2) is 11.6. The SMILES string of the molecule is CC1=Nc2c(S(=O)(=O)O)cc3cc(-c4cc(C(=O)NCCS(=O)(=O)O)nc(C(=O)NCCS(=O)(=O)O)c4)ccc3c2C1(C)C. The molecular formula is C26H28N4O11S3. The van der Waals surface area contributed by atoms with Crippen molar-refractivity contribution in [3.05, 3.63) is 53.3 Å². The summed E-state index contributed by atoms with van der Waals surface area (Å²) in [6, 6.07) is 8.75. The van der Waals surface area contributed by atoms with Crippen molar-refractivity contribution >= 4 is 64.3 Å². The average molecular weight is 669 g/mol. The molecule has 236 valence electrons. The van der Waals surface area contributed by atoms with E-state index in [0.717, 1.165) is 0 Å². The Balaban J connectivity index is 1.84. The lowest BCUT2D eigenvalue weighted by molar-refractivity contribution is 0.0947. The van der Waals surface area contributed by atoms with Gasteiger partial charge in [0.05, 0.1) is 17.2 Å². The zero-order valence-corrected chi connectivity index (χ0v) is 26.0. The molecule has 0 spiro atoms. The largest absolute Gasteiger partial charge is 0.350 e. The van der Waals surface area contributed by atoms with Crippen LogP contribution in [0.15, 0.2) is 46.3 Å². The summed E-state index contributed by atoms with van der Waals surface area (Å²) in [5.41, 5.74) is 0.623. The lowest BCUT2D eigenvalue weighted by atomic mass is 9.79. The first-order valence-corrected chi connectivity index (χ1v) is 17.5. The van der Waals surface area contributed by atoms with E-state index in [1.807, 2.05) is 13.8 Å². The number of nitrogens with one attached hydrogen (secondary N) is 2. The number of carbonyl (C=O) groups is 2. The van der Waals surface area contributed by atoms with Gasteiger partial charge in [0.2, 0.25) is 0 Å². The third-order valence-corrected chi connectivity index (χ3v) is 9.39. The summed E-state index contributed by atoms with van der Waals surface area (Å²) in [7, 11) is -13.5. The van der Waals surface area contributed by atoms with Crippen LogP contribution in [0.3, 0.4) is 0 Å². The highest BCUT2D eigenvalue weighted by Gasteiger charge is 2.37. The molecule has 3 aromatic rings. The number of pyridine rings is 1. The molecule has 2 heterocycles. The quantitative estimate of drug-likeness (QED) is 0.194. The molecule has 1 aliphatic heterocycles. The molecule has 4 rings (SSSR count). The summed E-state index contributed by atoms with van der Waals surface area (Å²) in [6.07, 6.45) is 0. The summed E-state index contributed by atoms with van der Waals surface area (Å²) in [6.45, 7) is 4.52. The van der Waals surface area contributed by atoms with E-state index in [1.165, 1.54) is 18.2 Å². The van der Waals surface area contributed by atoms with E-state index in [4.69, 9.17) is 9.11 Å². The Morgan fingerprint density at radius 1 is 0.795 bits per heavy atom. The average Bonchev–Trinajstić information content (AvgIpc) is 3.13. The molecule has 15 nitrogen and oxygen atoms in total. The maximum absolute atomic E-state index is 12.8. The van der Waals surface area contributed by atoms with Crippen LogP contribution in [-0.2, 0) is 35.8 Å². The van der Waals surface area contributed by atoms with Crippen molar-refractivity contribution < 1.29 is 48.5 Å². The van der Waals surface area contributed by atoms with Crippen molar-refractivity contribution in [2.24, 2.45) is 4.99 Å². The maximum Gasteiger partial charge on any atom is 0.296 e. The van der Waals surface area contributed by atoms with Crippen LogP contribution in [0.25, 0.3) is 21.9 Å². The maximum atomic E-state index is 12.8. The highest BCUT2D eigenvalue weighted by Crippen LogP contribution is 2.48. The molecule has 5 N–H and O–H groups in total. The number of hydrogen-bond donors (Lipinski definition) is 5. The normalized spacial score (nSPS) is 14.6. The molecule has 44 heavy (non-hydrogen) atoms. The molecule has 1 aliphatic rings. The van der Waals surface area contributed by atoms with Gasteiger partial charge >= 0.3 is 0 Å². The zero-order valence-electron chi connectivity index (χ0n) is 23.5. The summed E-state index contributed by atoms with van der Waals surface area (Å²) < 4.78 is 96.7. The molecule has 0 aliphatic carbocycles. The van der Waals surface area contributed by atoms with Gasteiger partial charge in [-0.3, -0.25) is 28.2 Å². The van der Waals surface area contributed by atoms with Gasteiger partial charge in [-0.2, -0.15) is 25.3 Å². The number of benzene rings is 2. The van der Waals surface area contributed by atoms with E-state index in [9.17, 15) is 39.4 Å². The second-order valence-electron chi connectivity index (χ2n) is 10.5. The molecule has 0 saturated carbocycles. The van der Waals surface area contributed by atoms with Crippen LogP contribution in [-0.4, -0.2) is 86.0 Å². The first-order valence-electron chi connectivity index (χ1n) is 12.8. The number of amides is 2. The highest BCUT2D eigenvalue weighted by molar-refractivity contribution is 7.86. The van der Waals surface area contributed by atoms with Crippen LogP contribution in [0.5, 0.6) is 0 Å². The van der Waals surface area contributed by atoms with Crippen LogP contribution in [0.4, 0.5) is 5.69 Å². The predicted molar refractivity (Wildman–Crippen MR) is 160 cm³/mol. The van der Waals surface area contributed by atoms with Gasteiger partial charge in [-0.05, 0) is 58.7 Å². The van der Waals surface area contributed by atoms with Crippen LogP contribution in [0.2, 0.25) is 0 Å². The van der Waals surface area contributed by atoms with E-state index < -0.39 is 77.1 Å². The minimum atomic E-state index is -4.69. The minimum absolute atomic E-state index is 0.131. The number of nitrogens with zero attached hydrogens (tertiary/aromatic N) is 2. The number of hydrogen-bond acceptors (Lipinski definition) is 10. The van der Waals surface area contributed by atoms with Gasteiger partial charge in [-0.25, -0.2) is 4.98 Å². The minimum Gasteiger partial charge on any atom is -0.350 e. The fourth-order valence-electron chi connectivity index (χ4n) is 4.68. The Hall–Kier alpha value is -3.81. The van der Waals surface area contributed by atoms with Gasteiger partial charge in [-0.15, -0.1) is 0 Å². The smallest absolute Gasteiger partial charge is 0.296 e. The Morgan fingerprint density at radius 3 is 1.80 bits per heavy atom. The topological polar surface area (TPSA) is 247 Å². The summed E-state index contributed by atoms with van der Waals surface area (Å²) in [5.74, 6) is -3.37. The van der Waals surface area contributed by atoms with Crippen molar-refractivity contribution in [2.75, 3.05) is 24.6 Å². The second-order valence-corrected chi connectivity index (χ2v) is 15.1. The van der Waals surface area contributed by atoms with Crippen LogP contribution in [0, 0.1) is 0 Å². The fraction of sp³-hybridized carbons (Fsp3) is 0.308. The molecule has 0 unspecified atom stereocenters. The van der Waals surface area contributed by atoms with E-state index in [1.54, 1.807) is 25.1 Å². The molecule has 0 bridgehead atoms. The highest BCUT2D eigenvalue weighted by atomic mass is 32.2. The van der Waals surface area contributed by atoms with E-state index in [-0.39, 0.29) is 22.6 Å². The van der Waals surface area contributed by atoms with Crippen molar-refractivity contribution in [3.8, 4) is 11.1 Å². The van der Waals surface area contributed by atoms with Gasteiger partial charge in [0.15, 0.2) is 0 Å². The number of fused-ring (bicyclic) bond motifs is 3. The zero-order chi connectivity index (χ0) is 32.8. The van der Waals surface area contributed by atoms with Gasteiger partial charge in [0.1, 0.15) is 16.3 Å². The Labute approximate surface area is 253 Å². The predicted octanol–water partition coefficient (Wildman–Crippen LogP) is 1.77. The van der Waals surface area contributed by atoms with E-state index in [0.29, 0.717) is 27.6 Å². The van der Waals surface area contributed by atoms with Crippen molar-refractivity contribution in [2.45, 2.75) is 31.1 Å². The van der Waals surface area contributed by atoms with Crippen LogP contribution >= 0.6 is 0 Å². The number of carbonyl (C=O) groups excluding carboxylic acids is 2. The van der Waals surface area contributed by atoms with Gasteiger partial charge in [-0.1, -0.05) is 26.0 Å². The Kier molecular flexibility index (Phi) is 8.73. The summed E-state index contributed by atoms with van der Waals surface area (Å²) in [5, 5.41) is 5.56. The molecule has 2 aromatic carbocycles. The van der Waals surface area contributed by atoms with Crippen molar-refractivity contribution in [3.63, 3.8) is 0 Å². The first-order chi connectivity index (χ1) is 20.2.